The molecular weight excluding hydrogens is 815 g/mol. The molecular formula is C45H57N7O3S4. The maximum atomic E-state index is 13.7. The van der Waals surface area contributed by atoms with Gasteiger partial charge in [0.2, 0.25) is 17.7 Å². The molecule has 2 aliphatic heterocycles. The Hall–Kier alpha value is -3.47. The molecule has 0 spiro atoms. The predicted molar refractivity (Wildman–Crippen MR) is 245 cm³/mol. The summed E-state index contributed by atoms with van der Waals surface area (Å²) in [6.07, 6.45) is 8.00. The van der Waals surface area contributed by atoms with E-state index in [-0.39, 0.29) is 36.7 Å². The van der Waals surface area contributed by atoms with Gasteiger partial charge < -0.3 is 38.1 Å². The molecule has 14 heteroatoms. The highest BCUT2D eigenvalue weighted by Crippen LogP contribution is 2.43. The first kappa shape index (κ1) is 45.1. The fraction of sp³-hybridized carbons (Fsp3) is 0.400. The van der Waals surface area contributed by atoms with Crippen LogP contribution in [0.15, 0.2) is 114 Å². The molecule has 59 heavy (non-hydrogen) atoms. The van der Waals surface area contributed by atoms with Crippen LogP contribution in [0, 0.1) is 0 Å². The van der Waals surface area contributed by atoms with Gasteiger partial charge in [-0.1, -0.05) is 66.3 Å². The van der Waals surface area contributed by atoms with Gasteiger partial charge in [0.15, 0.2) is 0 Å². The quantitative estimate of drug-likeness (QED) is 0.0386. The minimum absolute atomic E-state index is 0.0603. The Balaban J connectivity index is 1.03. The first-order chi connectivity index (χ1) is 28.8. The Kier molecular flexibility index (Phi) is 17.5. The number of thioether (sulfide) groups is 2. The van der Waals surface area contributed by atoms with Crippen LogP contribution in [0.5, 0.6) is 0 Å². The number of hydrogen-bond acceptors (Lipinski definition) is 11. The summed E-state index contributed by atoms with van der Waals surface area (Å²) in [7, 11) is 0. The van der Waals surface area contributed by atoms with Crippen LogP contribution in [0.4, 0.5) is 0 Å². The van der Waals surface area contributed by atoms with Gasteiger partial charge in [-0.15, -0.1) is 23.5 Å². The number of carbonyl (C=O) groups excluding carboxylic acids is 3. The summed E-state index contributed by atoms with van der Waals surface area (Å²) in [5.41, 5.74) is 16.9. The summed E-state index contributed by atoms with van der Waals surface area (Å²) in [6, 6.07) is 28.8. The van der Waals surface area contributed by atoms with Crippen molar-refractivity contribution in [1.82, 2.24) is 26.6 Å². The molecule has 4 aromatic rings. The minimum atomic E-state index is -0.913. The van der Waals surface area contributed by atoms with Crippen molar-refractivity contribution in [1.29, 1.82) is 0 Å². The van der Waals surface area contributed by atoms with Gasteiger partial charge in [0.05, 0.1) is 6.04 Å². The van der Waals surface area contributed by atoms with Gasteiger partial charge in [0, 0.05) is 74.1 Å². The van der Waals surface area contributed by atoms with E-state index in [1.165, 1.54) is 51.6 Å². The Morgan fingerprint density at radius 1 is 0.678 bits per heavy atom. The van der Waals surface area contributed by atoms with Crippen LogP contribution in [0.3, 0.4) is 0 Å². The van der Waals surface area contributed by atoms with E-state index in [4.69, 9.17) is 11.5 Å². The third-order valence-electron chi connectivity index (χ3n) is 10.7. The third kappa shape index (κ3) is 12.8. The number of nitrogens with two attached hydrogens (primary N) is 2. The summed E-state index contributed by atoms with van der Waals surface area (Å²) >= 11 is 7.05. The first-order valence-electron chi connectivity index (χ1n) is 20.4. The zero-order chi connectivity index (χ0) is 41.6. The van der Waals surface area contributed by atoms with Gasteiger partial charge >= 0.3 is 0 Å². The lowest BCUT2D eigenvalue weighted by Gasteiger charge is -2.22. The second-order valence-electron chi connectivity index (χ2n) is 14.8. The zero-order valence-corrected chi connectivity index (χ0v) is 37.2. The van der Waals surface area contributed by atoms with Crippen LogP contribution in [-0.4, -0.2) is 75.0 Å². The van der Waals surface area contributed by atoms with Gasteiger partial charge in [-0.3, -0.25) is 14.4 Å². The molecule has 4 atom stereocenters. The van der Waals surface area contributed by atoms with Crippen molar-refractivity contribution in [3.05, 3.63) is 107 Å². The molecule has 0 bridgehead atoms. The standard InChI is InChI=1S/C45H57N7O3S4/c1-56-31-14-17-41-33(27-31)37(25-29-9-3-5-12-39(29)58-41)48-21-23-50-43(53)19-16-36(52-44(54)35(47)11-7-8-20-46)45(55)51-24-22-49-38-26-30-10-4-6-13-40(30)59-42-18-15-32(57-2)28-34(38)42/h3-6,9-10,12-15,17-18,27-28,35-38,48-49H,7-8,11,16,19-26,46-47H2,1-2H3,(H,50,53)(H,51,55)(H,52,54)/t35?,36-,37?,38?/m0/s1. The van der Waals surface area contributed by atoms with Crippen LogP contribution in [0.1, 0.15) is 66.4 Å². The number of hydrogen-bond donors (Lipinski definition) is 7. The number of carbonyl (C=O) groups is 3. The van der Waals surface area contributed by atoms with Crippen LogP contribution < -0.4 is 38.1 Å². The van der Waals surface area contributed by atoms with E-state index >= 15 is 0 Å². The van der Waals surface area contributed by atoms with E-state index < -0.39 is 18.0 Å². The summed E-state index contributed by atoms with van der Waals surface area (Å²) in [6.45, 7) is 2.39. The number of fused-ring (bicyclic) bond motifs is 4. The van der Waals surface area contributed by atoms with E-state index in [1.54, 1.807) is 47.0 Å². The van der Waals surface area contributed by atoms with Crippen molar-refractivity contribution >= 4 is 64.8 Å². The predicted octanol–water partition coefficient (Wildman–Crippen LogP) is 6.46. The van der Waals surface area contributed by atoms with E-state index in [1.807, 2.05) is 0 Å². The molecule has 2 aliphatic rings. The summed E-state index contributed by atoms with van der Waals surface area (Å²) in [5, 5.41) is 16.3. The molecule has 10 nitrogen and oxygen atoms in total. The monoisotopic (exact) mass is 871 g/mol. The minimum Gasteiger partial charge on any atom is -0.355 e. The van der Waals surface area contributed by atoms with Gasteiger partial charge in [0.1, 0.15) is 6.04 Å². The average molecular weight is 872 g/mol. The van der Waals surface area contributed by atoms with Crippen molar-refractivity contribution in [3.8, 4) is 0 Å². The Morgan fingerprint density at radius 3 is 1.76 bits per heavy atom. The summed E-state index contributed by atoms with van der Waals surface area (Å²) in [4.78, 5) is 47.4. The molecule has 3 unspecified atom stereocenters. The Labute approximate surface area is 366 Å². The van der Waals surface area contributed by atoms with Crippen LogP contribution in [0.25, 0.3) is 0 Å². The SMILES string of the molecule is CSc1ccc2c(c1)C(NCCNC(=O)CC[C@H](NC(=O)C(N)CCCCN)C(=O)NCCNC1Cc3ccccc3Sc3ccc(SC)cc31)Cc1ccccc1S2. The topological polar surface area (TPSA) is 163 Å². The van der Waals surface area contributed by atoms with Crippen LogP contribution >= 0.6 is 47.0 Å². The van der Waals surface area contributed by atoms with Gasteiger partial charge in [-0.2, -0.15) is 0 Å². The molecule has 0 aliphatic carbocycles. The molecule has 3 amide bonds. The smallest absolute Gasteiger partial charge is 0.242 e. The van der Waals surface area contributed by atoms with Crippen molar-refractivity contribution in [2.24, 2.45) is 11.5 Å². The normalized spacial score (nSPS) is 16.5. The number of benzene rings is 4. The van der Waals surface area contributed by atoms with E-state index in [0.29, 0.717) is 45.6 Å². The number of amides is 3. The summed E-state index contributed by atoms with van der Waals surface area (Å²) in [5.74, 6) is -0.937. The second-order valence-corrected chi connectivity index (χ2v) is 18.7. The van der Waals surface area contributed by atoms with Gasteiger partial charge in [-0.05, 0) is 122 Å². The molecule has 4 aromatic carbocycles. The molecule has 0 saturated carbocycles. The second kappa shape index (κ2) is 22.9. The highest BCUT2D eigenvalue weighted by molar-refractivity contribution is 8.00. The molecule has 314 valence electrons. The summed E-state index contributed by atoms with van der Waals surface area (Å²) < 4.78 is 0. The Morgan fingerprint density at radius 2 is 1.22 bits per heavy atom. The van der Waals surface area contributed by atoms with Crippen LogP contribution in [-0.2, 0) is 27.2 Å². The lowest BCUT2D eigenvalue weighted by atomic mass is 9.99. The van der Waals surface area contributed by atoms with Gasteiger partial charge in [0.25, 0.3) is 0 Å². The van der Waals surface area contributed by atoms with Crippen molar-refractivity contribution in [3.63, 3.8) is 0 Å². The average Bonchev–Trinajstić information content (AvgIpc) is 3.51. The molecule has 2 heterocycles. The largest absolute Gasteiger partial charge is 0.355 e. The maximum Gasteiger partial charge on any atom is 0.242 e. The van der Waals surface area contributed by atoms with E-state index in [0.717, 1.165) is 19.3 Å². The van der Waals surface area contributed by atoms with Gasteiger partial charge in [-0.25, -0.2) is 0 Å². The fourth-order valence-electron chi connectivity index (χ4n) is 7.40. The maximum absolute atomic E-state index is 13.7. The molecule has 0 aromatic heterocycles. The third-order valence-corrected chi connectivity index (χ3v) is 14.5. The molecule has 0 radical (unpaired) electrons. The molecule has 6 rings (SSSR count). The fourth-order valence-corrected chi connectivity index (χ4v) is 10.5. The van der Waals surface area contributed by atoms with Crippen LogP contribution in [0.2, 0.25) is 0 Å². The van der Waals surface area contributed by atoms with E-state index in [2.05, 4.69) is 124 Å². The van der Waals surface area contributed by atoms with Crippen molar-refractivity contribution in [2.75, 3.05) is 45.2 Å². The van der Waals surface area contributed by atoms with Crippen molar-refractivity contribution in [2.45, 2.75) is 98.5 Å². The lowest BCUT2D eigenvalue weighted by Crippen LogP contribution is -2.52. The number of rotatable bonds is 20. The molecule has 9 N–H and O–H groups in total. The Bertz CT molecular complexity index is 2050. The van der Waals surface area contributed by atoms with E-state index in [9.17, 15) is 14.4 Å². The highest BCUT2D eigenvalue weighted by atomic mass is 32.2. The molecule has 0 saturated heterocycles. The number of nitrogens with one attached hydrogen (secondary N) is 5. The molecule has 0 fully saturated rings. The van der Waals surface area contributed by atoms with Crippen molar-refractivity contribution < 1.29 is 14.4 Å². The number of unbranched alkanes of at least 4 members (excludes halogenated alkanes) is 1. The zero-order valence-electron chi connectivity index (χ0n) is 33.9. The first-order valence-corrected chi connectivity index (χ1v) is 24.5. The highest BCUT2D eigenvalue weighted by Gasteiger charge is 2.27. The lowest BCUT2D eigenvalue weighted by molar-refractivity contribution is -0.130.